The van der Waals surface area contributed by atoms with Gasteiger partial charge in [-0.05, 0) is 49.6 Å². The highest BCUT2D eigenvalue weighted by molar-refractivity contribution is 7.89. The molecule has 0 bridgehead atoms. The van der Waals surface area contributed by atoms with E-state index in [4.69, 9.17) is 4.98 Å². The fourth-order valence-corrected chi connectivity index (χ4v) is 6.33. The minimum Gasteiger partial charge on any atom is -0.239 e. The highest BCUT2D eigenvalue weighted by atomic mass is 32.2. The Labute approximate surface area is 152 Å². The van der Waals surface area contributed by atoms with Gasteiger partial charge in [-0.2, -0.15) is 4.31 Å². The van der Waals surface area contributed by atoms with Gasteiger partial charge in [0.1, 0.15) is 5.01 Å². The van der Waals surface area contributed by atoms with E-state index in [2.05, 4.69) is 0 Å². The quantitative estimate of drug-likeness (QED) is 0.679. The molecular weight excluding hydrogens is 352 g/mol. The van der Waals surface area contributed by atoms with Gasteiger partial charge in [-0.25, -0.2) is 13.4 Å². The lowest BCUT2D eigenvalue weighted by atomic mass is 10.1. The summed E-state index contributed by atoms with van der Waals surface area (Å²) in [5.74, 6) is 0. The van der Waals surface area contributed by atoms with Gasteiger partial charge in [0.15, 0.2) is 0 Å². The number of para-hydroxylation sites is 1. The van der Waals surface area contributed by atoms with Crippen LogP contribution in [0.3, 0.4) is 0 Å². The number of fused-ring (bicyclic) bond motifs is 1. The molecule has 0 aliphatic carbocycles. The van der Waals surface area contributed by atoms with Gasteiger partial charge in [-0.15, -0.1) is 11.3 Å². The van der Waals surface area contributed by atoms with Crippen LogP contribution in [0.15, 0.2) is 53.4 Å². The normalized spacial score (nSPS) is 19.3. The third-order valence-corrected chi connectivity index (χ3v) is 7.69. The Kier molecular flexibility index (Phi) is 4.35. The van der Waals surface area contributed by atoms with E-state index >= 15 is 0 Å². The fourth-order valence-electron chi connectivity index (χ4n) is 3.38. The predicted octanol–water partition coefficient (Wildman–Crippen LogP) is 4.52. The zero-order valence-electron chi connectivity index (χ0n) is 14.1. The van der Waals surface area contributed by atoms with Crippen LogP contribution in [0.1, 0.15) is 35.9 Å². The Morgan fingerprint density at radius 1 is 1.12 bits per heavy atom. The van der Waals surface area contributed by atoms with E-state index in [1.54, 1.807) is 33.8 Å². The summed E-state index contributed by atoms with van der Waals surface area (Å²) in [5, 5.41) is 0.900. The minimum absolute atomic E-state index is 0.170. The number of thiazole rings is 1. The maximum atomic E-state index is 13.2. The van der Waals surface area contributed by atoms with Gasteiger partial charge in [0.2, 0.25) is 10.0 Å². The summed E-state index contributed by atoms with van der Waals surface area (Å²) in [6.45, 7) is 2.47. The summed E-state index contributed by atoms with van der Waals surface area (Å²) in [7, 11) is -3.52. The molecule has 4 rings (SSSR count). The highest BCUT2D eigenvalue weighted by Gasteiger charge is 2.36. The second-order valence-corrected chi connectivity index (χ2v) is 9.42. The van der Waals surface area contributed by atoms with Crippen LogP contribution >= 0.6 is 11.3 Å². The SMILES string of the molecule is Cc1cccc(S(=O)(=O)N2CCCCC2c2nc3ccccc3s2)c1. The lowest BCUT2D eigenvalue weighted by Gasteiger charge is -2.33. The van der Waals surface area contributed by atoms with Crippen LogP contribution < -0.4 is 0 Å². The molecule has 2 aromatic carbocycles. The van der Waals surface area contributed by atoms with Gasteiger partial charge in [-0.3, -0.25) is 0 Å². The predicted molar refractivity (Wildman–Crippen MR) is 101 cm³/mol. The van der Waals surface area contributed by atoms with Crippen LogP contribution in [0.5, 0.6) is 0 Å². The summed E-state index contributed by atoms with van der Waals surface area (Å²) in [6.07, 6.45) is 2.75. The van der Waals surface area contributed by atoms with Crippen LogP contribution in [-0.4, -0.2) is 24.3 Å². The molecule has 1 aliphatic rings. The van der Waals surface area contributed by atoms with Gasteiger partial charge < -0.3 is 0 Å². The lowest BCUT2D eigenvalue weighted by molar-refractivity contribution is 0.255. The standard InChI is InChI=1S/C19H20N2O2S2/c1-14-7-6-8-15(13-14)25(22,23)21-12-5-4-10-17(21)19-20-16-9-2-3-11-18(16)24-19/h2-3,6-9,11,13,17H,4-5,10,12H2,1H3. The maximum absolute atomic E-state index is 13.2. The third-order valence-electron chi connectivity index (χ3n) is 4.65. The Morgan fingerprint density at radius 3 is 2.76 bits per heavy atom. The monoisotopic (exact) mass is 372 g/mol. The van der Waals surface area contributed by atoms with Crippen molar-refractivity contribution in [2.75, 3.05) is 6.54 Å². The molecule has 0 radical (unpaired) electrons. The molecule has 0 spiro atoms. The Morgan fingerprint density at radius 2 is 1.96 bits per heavy atom. The van der Waals surface area contributed by atoms with Crippen molar-refractivity contribution in [2.45, 2.75) is 37.1 Å². The van der Waals surface area contributed by atoms with E-state index in [9.17, 15) is 8.42 Å². The van der Waals surface area contributed by atoms with Crippen LogP contribution in [0, 0.1) is 6.92 Å². The number of sulfonamides is 1. The van der Waals surface area contributed by atoms with Gasteiger partial charge in [0.05, 0.1) is 21.2 Å². The Hall–Kier alpha value is -1.76. The van der Waals surface area contributed by atoms with Crippen molar-refractivity contribution in [3.05, 3.63) is 59.1 Å². The van der Waals surface area contributed by atoms with E-state index in [1.807, 2.05) is 37.3 Å². The van der Waals surface area contributed by atoms with Gasteiger partial charge in [-0.1, -0.05) is 30.7 Å². The Balaban J connectivity index is 1.76. The first-order valence-electron chi connectivity index (χ1n) is 8.50. The fraction of sp³-hybridized carbons (Fsp3) is 0.316. The molecule has 2 heterocycles. The van der Waals surface area contributed by atoms with Gasteiger partial charge in [0.25, 0.3) is 0 Å². The smallest absolute Gasteiger partial charge is 0.239 e. The van der Waals surface area contributed by atoms with E-state index in [0.29, 0.717) is 11.4 Å². The van der Waals surface area contributed by atoms with E-state index < -0.39 is 10.0 Å². The number of nitrogens with zero attached hydrogens (tertiary/aromatic N) is 2. The zero-order chi connectivity index (χ0) is 17.4. The van der Waals surface area contributed by atoms with Crippen molar-refractivity contribution in [1.82, 2.24) is 9.29 Å². The summed E-state index contributed by atoms with van der Waals surface area (Å²) < 4.78 is 29.2. The second kappa shape index (κ2) is 6.52. The molecule has 1 aliphatic heterocycles. The first-order chi connectivity index (χ1) is 12.1. The van der Waals surface area contributed by atoms with Crippen molar-refractivity contribution in [3.8, 4) is 0 Å². The molecule has 25 heavy (non-hydrogen) atoms. The molecule has 0 N–H and O–H groups in total. The summed E-state index contributed by atoms with van der Waals surface area (Å²) in [5.41, 5.74) is 1.90. The number of hydrogen-bond donors (Lipinski definition) is 0. The molecule has 0 amide bonds. The maximum Gasteiger partial charge on any atom is 0.243 e. The minimum atomic E-state index is -3.52. The number of hydrogen-bond acceptors (Lipinski definition) is 4. The van der Waals surface area contributed by atoms with Crippen molar-refractivity contribution in [2.24, 2.45) is 0 Å². The number of aryl methyl sites for hydroxylation is 1. The molecule has 0 saturated carbocycles. The van der Waals surface area contributed by atoms with Crippen LogP contribution in [0.25, 0.3) is 10.2 Å². The average molecular weight is 373 g/mol. The van der Waals surface area contributed by atoms with Gasteiger partial charge >= 0.3 is 0 Å². The van der Waals surface area contributed by atoms with Crippen molar-refractivity contribution in [3.63, 3.8) is 0 Å². The molecule has 1 aromatic heterocycles. The largest absolute Gasteiger partial charge is 0.243 e. The summed E-state index contributed by atoms with van der Waals surface area (Å²) in [6, 6.07) is 15.0. The topological polar surface area (TPSA) is 50.3 Å². The van der Waals surface area contributed by atoms with Crippen molar-refractivity contribution in [1.29, 1.82) is 0 Å². The first-order valence-corrected chi connectivity index (χ1v) is 10.8. The van der Waals surface area contributed by atoms with Gasteiger partial charge in [0, 0.05) is 6.54 Å². The summed E-state index contributed by atoms with van der Waals surface area (Å²) in [4.78, 5) is 5.10. The van der Waals surface area contributed by atoms with Crippen LogP contribution in [-0.2, 0) is 10.0 Å². The average Bonchev–Trinajstić information content (AvgIpc) is 3.06. The molecule has 1 fully saturated rings. The third kappa shape index (κ3) is 3.10. The molecule has 130 valence electrons. The number of benzene rings is 2. The van der Waals surface area contributed by atoms with Crippen LogP contribution in [0.4, 0.5) is 0 Å². The lowest BCUT2D eigenvalue weighted by Crippen LogP contribution is -2.38. The highest BCUT2D eigenvalue weighted by Crippen LogP contribution is 2.38. The molecule has 3 aromatic rings. The molecular formula is C19H20N2O2S2. The Bertz CT molecular complexity index is 978. The van der Waals surface area contributed by atoms with Crippen molar-refractivity contribution < 1.29 is 8.42 Å². The molecule has 1 unspecified atom stereocenters. The van der Waals surface area contributed by atoms with Crippen molar-refractivity contribution >= 4 is 31.6 Å². The number of aromatic nitrogens is 1. The zero-order valence-corrected chi connectivity index (χ0v) is 15.7. The second-order valence-electron chi connectivity index (χ2n) is 6.46. The van der Waals surface area contributed by atoms with E-state index in [-0.39, 0.29) is 6.04 Å². The summed E-state index contributed by atoms with van der Waals surface area (Å²) >= 11 is 1.60. The molecule has 1 saturated heterocycles. The molecule has 1 atom stereocenters. The van der Waals surface area contributed by atoms with E-state index in [1.165, 1.54) is 0 Å². The molecule has 6 heteroatoms. The first kappa shape index (κ1) is 16.7. The van der Waals surface area contributed by atoms with E-state index in [0.717, 1.165) is 40.1 Å². The number of rotatable bonds is 3. The molecule has 4 nitrogen and oxygen atoms in total. The van der Waals surface area contributed by atoms with Crippen LogP contribution in [0.2, 0.25) is 0 Å². The number of piperidine rings is 1.